The van der Waals surface area contributed by atoms with Gasteiger partial charge in [0.1, 0.15) is 11.6 Å². The van der Waals surface area contributed by atoms with Crippen LogP contribution in [0.4, 0.5) is 11.4 Å². The molecule has 0 atom stereocenters. The second-order valence-electron chi connectivity index (χ2n) is 6.62. The van der Waals surface area contributed by atoms with E-state index in [1.165, 1.54) is 12.1 Å². The van der Waals surface area contributed by atoms with Gasteiger partial charge in [-0.1, -0.05) is 0 Å². The minimum Gasteiger partial charge on any atom is -0.498 e. The Hall–Kier alpha value is -3.42. The average molecular weight is 394 g/mol. The Balaban J connectivity index is 0.000000278. The molecule has 2 fully saturated rings. The van der Waals surface area contributed by atoms with Crippen molar-refractivity contribution in [1.29, 1.82) is 15.8 Å². The van der Waals surface area contributed by atoms with Gasteiger partial charge in [0, 0.05) is 24.8 Å². The first-order valence-electron chi connectivity index (χ1n) is 9.32. The molecular formula is C17H20B2N6O4. The summed E-state index contributed by atoms with van der Waals surface area (Å²) in [5.41, 5.74) is 0.591. The SMILES string of the molecule is N#COB1CCN(c2ccc(C#N)c([N+](=O)[O-])c2)CC1.N#COB1CCNCC1. The van der Waals surface area contributed by atoms with E-state index >= 15 is 0 Å². The van der Waals surface area contributed by atoms with Crippen LogP contribution in [0.2, 0.25) is 25.3 Å². The summed E-state index contributed by atoms with van der Waals surface area (Å²) < 4.78 is 9.64. The third-order valence-corrected chi connectivity index (χ3v) is 4.83. The highest BCUT2D eigenvalue weighted by atomic mass is 16.6. The molecule has 3 rings (SSSR count). The second-order valence-corrected chi connectivity index (χ2v) is 6.62. The molecule has 0 spiro atoms. The maximum atomic E-state index is 10.9. The van der Waals surface area contributed by atoms with Crippen molar-refractivity contribution in [3.63, 3.8) is 0 Å². The van der Waals surface area contributed by atoms with Crippen LogP contribution in [0.1, 0.15) is 5.56 Å². The van der Waals surface area contributed by atoms with Gasteiger partial charge in [0.15, 0.2) is 0 Å². The molecule has 148 valence electrons. The Morgan fingerprint density at radius 1 is 1.03 bits per heavy atom. The molecule has 0 bridgehead atoms. The number of benzene rings is 1. The van der Waals surface area contributed by atoms with Gasteiger partial charge in [0.05, 0.1) is 4.92 Å². The normalized spacial score (nSPS) is 15.7. The van der Waals surface area contributed by atoms with Crippen LogP contribution in [-0.4, -0.2) is 44.9 Å². The van der Waals surface area contributed by atoms with E-state index in [1.807, 2.05) is 11.0 Å². The Kier molecular flexibility index (Phi) is 8.62. The van der Waals surface area contributed by atoms with E-state index in [0.717, 1.165) is 25.7 Å². The third kappa shape index (κ3) is 6.60. The van der Waals surface area contributed by atoms with Gasteiger partial charge in [0.25, 0.3) is 18.2 Å². The molecule has 29 heavy (non-hydrogen) atoms. The lowest BCUT2D eigenvalue weighted by atomic mass is 9.59. The first kappa shape index (κ1) is 21.9. The Morgan fingerprint density at radius 3 is 2.14 bits per heavy atom. The van der Waals surface area contributed by atoms with Gasteiger partial charge in [-0.2, -0.15) is 15.8 Å². The maximum absolute atomic E-state index is 10.9. The van der Waals surface area contributed by atoms with E-state index < -0.39 is 4.92 Å². The number of nitrogens with one attached hydrogen (secondary N) is 1. The molecule has 2 aliphatic heterocycles. The zero-order valence-electron chi connectivity index (χ0n) is 15.9. The van der Waals surface area contributed by atoms with Crippen LogP contribution >= 0.6 is 0 Å². The quantitative estimate of drug-likeness (QED) is 0.350. The number of hydrogen-bond donors (Lipinski definition) is 1. The zero-order valence-corrected chi connectivity index (χ0v) is 15.9. The molecule has 0 aromatic heterocycles. The third-order valence-electron chi connectivity index (χ3n) is 4.83. The molecule has 1 aromatic carbocycles. The van der Waals surface area contributed by atoms with Gasteiger partial charge in [-0.15, -0.1) is 0 Å². The summed E-state index contributed by atoms with van der Waals surface area (Å²) >= 11 is 0. The monoisotopic (exact) mass is 394 g/mol. The minimum atomic E-state index is -0.548. The first-order chi connectivity index (χ1) is 14.1. The number of rotatable bonds is 4. The van der Waals surface area contributed by atoms with E-state index in [0.29, 0.717) is 31.4 Å². The Bertz CT molecular complexity index is 821. The zero-order chi connectivity index (χ0) is 21.1. The summed E-state index contributed by atoms with van der Waals surface area (Å²) in [6.07, 6.45) is 6.72. The highest BCUT2D eigenvalue weighted by Gasteiger charge is 2.26. The van der Waals surface area contributed by atoms with Crippen molar-refractivity contribution in [3.8, 4) is 18.6 Å². The topological polar surface area (TPSA) is 148 Å². The van der Waals surface area contributed by atoms with Crippen LogP contribution in [0.3, 0.4) is 0 Å². The fraction of sp³-hybridized carbons (Fsp3) is 0.471. The van der Waals surface area contributed by atoms with Crippen LogP contribution in [0.25, 0.3) is 0 Å². The molecule has 0 radical (unpaired) electrons. The lowest BCUT2D eigenvalue weighted by molar-refractivity contribution is -0.385. The molecule has 0 aliphatic carbocycles. The number of nitrogens with zero attached hydrogens (tertiary/aromatic N) is 5. The molecule has 12 heteroatoms. The predicted molar refractivity (Wildman–Crippen MR) is 107 cm³/mol. The van der Waals surface area contributed by atoms with Gasteiger partial charge >= 0.3 is 13.8 Å². The van der Waals surface area contributed by atoms with Crippen molar-refractivity contribution in [1.82, 2.24) is 5.32 Å². The standard InChI is InChI=1S/C12H11BN4O3.C5H9BN2O/c14-8-10-1-2-11(7-12(10)17(18)19)16-5-3-13(4-6-16)20-9-15;7-5-9-6-1-3-8-4-2-6/h1-2,7H,3-6H2;8H,1-4H2. The Labute approximate surface area is 170 Å². The van der Waals surface area contributed by atoms with Gasteiger partial charge < -0.3 is 19.5 Å². The molecule has 1 aromatic rings. The minimum absolute atomic E-state index is 0.0569. The van der Waals surface area contributed by atoms with Crippen molar-refractivity contribution >= 4 is 25.2 Å². The van der Waals surface area contributed by atoms with E-state index in [-0.39, 0.29) is 25.1 Å². The highest BCUT2D eigenvalue weighted by molar-refractivity contribution is 6.53. The van der Waals surface area contributed by atoms with Gasteiger partial charge in [-0.3, -0.25) is 10.1 Å². The highest BCUT2D eigenvalue weighted by Crippen LogP contribution is 2.27. The summed E-state index contributed by atoms with van der Waals surface area (Å²) in [6, 6.07) is 6.40. The van der Waals surface area contributed by atoms with Gasteiger partial charge in [0.2, 0.25) is 0 Å². The van der Waals surface area contributed by atoms with Crippen molar-refractivity contribution < 1.29 is 14.2 Å². The summed E-state index contributed by atoms with van der Waals surface area (Å²) in [5.74, 6) is 0. The van der Waals surface area contributed by atoms with Crippen molar-refractivity contribution in [2.45, 2.75) is 25.3 Å². The Morgan fingerprint density at radius 2 is 1.62 bits per heavy atom. The summed E-state index contributed by atoms with van der Waals surface area (Å²) in [5, 5.41) is 39.6. The molecule has 0 saturated carbocycles. The largest absolute Gasteiger partial charge is 0.498 e. The van der Waals surface area contributed by atoms with Crippen LogP contribution < -0.4 is 10.2 Å². The summed E-state index contributed by atoms with van der Waals surface area (Å²) in [6.45, 7) is 3.38. The maximum Gasteiger partial charge on any atom is 0.376 e. The van der Waals surface area contributed by atoms with Crippen molar-refractivity contribution in [2.75, 3.05) is 31.1 Å². The average Bonchev–Trinajstić information content (AvgIpc) is 2.75. The van der Waals surface area contributed by atoms with Crippen LogP contribution in [0, 0.1) is 44.5 Å². The van der Waals surface area contributed by atoms with E-state index in [4.69, 9.17) is 25.1 Å². The van der Waals surface area contributed by atoms with Crippen LogP contribution in [-0.2, 0) is 9.31 Å². The molecule has 2 aliphatic rings. The summed E-state index contributed by atoms with van der Waals surface area (Å²) in [4.78, 5) is 12.4. The smallest absolute Gasteiger partial charge is 0.376 e. The number of nitro groups is 1. The van der Waals surface area contributed by atoms with Crippen LogP contribution in [0.15, 0.2) is 18.2 Å². The van der Waals surface area contributed by atoms with Crippen LogP contribution in [0.5, 0.6) is 0 Å². The molecule has 2 heterocycles. The molecular weight excluding hydrogens is 374 g/mol. The molecule has 0 unspecified atom stereocenters. The van der Waals surface area contributed by atoms with Crippen molar-refractivity contribution in [2.24, 2.45) is 0 Å². The molecule has 0 amide bonds. The fourth-order valence-corrected chi connectivity index (χ4v) is 3.26. The van der Waals surface area contributed by atoms with Gasteiger partial charge in [-0.05, 0) is 50.5 Å². The number of hydrogen-bond acceptors (Lipinski definition) is 9. The number of nitriles is 3. The number of nitro benzene ring substituents is 1. The first-order valence-corrected chi connectivity index (χ1v) is 9.32. The van der Waals surface area contributed by atoms with E-state index in [9.17, 15) is 10.1 Å². The fourth-order valence-electron chi connectivity index (χ4n) is 3.26. The lowest BCUT2D eigenvalue weighted by Gasteiger charge is -2.30. The lowest BCUT2D eigenvalue weighted by Crippen LogP contribution is -2.37. The van der Waals surface area contributed by atoms with E-state index in [1.54, 1.807) is 18.6 Å². The molecule has 1 N–H and O–H groups in total. The predicted octanol–water partition coefficient (Wildman–Crippen LogP) is 1.85. The van der Waals surface area contributed by atoms with Crippen molar-refractivity contribution in [3.05, 3.63) is 33.9 Å². The molecule has 2 saturated heterocycles. The van der Waals surface area contributed by atoms with Gasteiger partial charge in [-0.25, -0.2) is 0 Å². The second kappa shape index (κ2) is 11.4. The molecule has 10 nitrogen and oxygen atoms in total. The summed E-state index contributed by atoms with van der Waals surface area (Å²) in [7, 11) is 0. The van der Waals surface area contributed by atoms with E-state index in [2.05, 4.69) is 5.32 Å². The number of anilines is 1.